The maximum absolute atomic E-state index is 13.1. The van der Waals surface area contributed by atoms with Crippen LogP contribution in [-0.4, -0.2) is 51.7 Å². The van der Waals surface area contributed by atoms with E-state index >= 15 is 0 Å². The van der Waals surface area contributed by atoms with Crippen LogP contribution in [-0.2, 0) is 0 Å². The van der Waals surface area contributed by atoms with Crippen molar-refractivity contribution in [2.75, 3.05) is 40.4 Å². The maximum atomic E-state index is 13.1. The van der Waals surface area contributed by atoms with Gasteiger partial charge in [-0.05, 0) is 33.6 Å². The lowest BCUT2D eigenvalue weighted by molar-refractivity contribution is 0.0737. The molecule has 2 rings (SSSR count). The van der Waals surface area contributed by atoms with Crippen molar-refractivity contribution in [1.82, 2.24) is 10.2 Å². The van der Waals surface area contributed by atoms with Gasteiger partial charge in [-0.15, -0.1) is 0 Å². The molecule has 1 aromatic rings. The Labute approximate surface area is 137 Å². The maximum Gasteiger partial charge on any atom is 0.240 e. The predicted molar refractivity (Wildman–Crippen MR) is 85.1 cm³/mol. The molecular formula is C15H21BrF2N2O2. The molecule has 1 aromatic carbocycles. The average molecular weight is 379 g/mol. The number of piperazine rings is 1. The lowest BCUT2D eigenvalue weighted by Gasteiger charge is -2.35. The van der Waals surface area contributed by atoms with Gasteiger partial charge in [-0.3, -0.25) is 4.90 Å². The second-order valence-electron chi connectivity index (χ2n) is 5.17. The van der Waals surface area contributed by atoms with E-state index in [4.69, 9.17) is 9.47 Å². The van der Waals surface area contributed by atoms with Crippen LogP contribution in [0.1, 0.15) is 18.0 Å². The number of methoxy groups -OCH3 is 2. The molecule has 0 aromatic heterocycles. The zero-order valence-electron chi connectivity index (χ0n) is 12.7. The van der Waals surface area contributed by atoms with Crippen molar-refractivity contribution in [1.29, 1.82) is 0 Å². The summed E-state index contributed by atoms with van der Waals surface area (Å²) in [4.78, 5) is 2.09. The van der Waals surface area contributed by atoms with E-state index in [1.807, 2.05) is 12.1 Å². The Morgan fingerprint density at radius 2 is 1.73 bits per heavy atom. The van der Waals surface area contributed by atoms with Crippen LogP contribution in [0.4, 0.5) is 8.78 Å². The van der Waals surface area contributed by atoms with E-state index < -0.39 is 6.43 Å². The fraction of sp³-hybridized carbons (Fsp3) is 0.600. The molecule has 1 saturated heterocycles. The number of rotatable bonds is 6. The number of nitrogens with one attached hydrogen (secondary N) is 1. The first-order valence-electron chi connectivity index (χ1n) is 7.21. The first-order valence-corrected chi connectivity index (χ1v) is 8.00. The molecule has 1 aliphatic rings. The van der Waals surface area contributed by atoms with E-state index in [-0.39, 0.29) is 12.5 Å². The van der Waals surface area contributed by atoms with Gasteiger partial charge < -0.3 is 14.8 Å². The minimum Gasteiger partial charge on any atom is -0.495 e. The Bertz CT molecular complexity index is 471. The number of nitrogens with zero attached hydrogens (tertiary/aromatic N) is 1. The lowest BCUT2D eigenvalue weighted by Crippen LogP contribution is -2.45. The number of benzene rings is 1. The van der Waals surface area contributed by atoms with Gasteiger partial charge in [-0.2, -0.15) is 0 Å². The van der Waals surface area contributed by atoms with Gasteiger partial charge >= 0.3 is 0 Å². The van der Waals surface area contributed by atoms with Crippen LogP contribution in [0.3, 0.4) is 0 Å². The van der Waals surface area contributed by atoms with Crippen molar-refractivity contribution >= 4 is 15.9 Å². The molecule has 0 bridgehead atoms. The molecule has 0 radical (unpaired) electrons. The molecule has 1 fully saturated rings. The Hall–Kier alpha value is -0.920. The molecule has 22 heavy (non-hydrogen) atoms. The number of hydrogen-bond acceptors (Lipinski definition) is 4. The topological polar surface area (TPSA) is 33.7 Å². The first kappa shape index (κ1) is 17.4. The van der Waals surface area contributed by atoms with Crippen LogP contribution >= 0.6 is 15.9 Å². The molecule has 0 unspecified atom stereocenters. The molecule has 0 spiro atoms. The van der Waals surface area contributed by atoms with E-state index in [1.165, 1.54) is 0 Å². The highest BCUT2D eigenvalue weighted by atomic mass is 79.9. The number of alkyl halides is 2. The molecule has 124 valence electrons. The predicted octanol–water partition coefficient (Wildman–Crippen LogP) is 3.07. The summed E-state index contributed by atoms with van der Waals surface area (Å²) < 4.78 is 37.5. The van der Waals surface area contributed by atoms with Gasteiger partial charge in [0.2, 0.25) is 6.43 Å². The van der Waals surface area contributed by atoms with Crippen LogP contribution < -0.4 is 14.8 Å². The quantitative estimate of drug-likeness (QED) is 0.824. The van der Waals surface area contributed by atoms with Gasteiger partial charge in [0.25, 0.3) is 0 Å². The Balaban J connectivity index is 2.37. The second kappa shape index (κ2) is 8.08. The van der Waals surface area contributed by atoms with Gasteiger partial charge in [0, 0.05) is 38.6 Å². The van der Waals surface area contributed by atoms with Crippen molar-refractivity contribution in [2.24, 2.45) is 0 Å². The van der Waals surface area contributed by atoms with Crippen molar-refractivity contribution in [3.8, 4) is 11.5 Å². The SMILES string of the molecule is COc1cc([C@H](CC(F)F)N2CCNCC2)cc(OC)c1Br. The lowest BCUT2D eigenvalue weighted by atomic mass is 10.0. The summed E-state index contributed by atoms with van der Waals surface area (Å²) in [6.07, 6.45) is -2.56. The Kier molecular flexibility index (Phi) is 6.40. The molecule has 4 nitrogen and oxygen atoms in total. The molecule has 0 saturated carbocycles. The molecular weight excluding hydrogens is 358 g/mol. The van der Waals surface area contributed by atoms with Gasteiger partial charge in [-0.1, -0.05) is 0 Å². The van der Waals surface area contributed by atoms with Crippen LogP contribution in [0.5, 0.6) is 11.5 Å². The van der Waals surface area contributed by atoms with Gasteiger partial charge in [0.15, 0.2) is 0 Å². The highest BCUT2D eigenvalue weighted by molar-refractivity contribution is 9.10. The molecule has 0 aliphatic carbocycles. The minimum absolute atomic E-state index is 0.200. The summed E-state index contributed by atoms with van der Waals surface area (Å²) in [7, 11) is 3.10. The van der Waals surface area contributed by atoms with Crippen molar-refractivity contribution < 1.29 is 18.3 Å². The van der Waals surface area contributed by atoms with Gasteiger partial charge in [0.1, 0.15) is 16.0 Å². The summed E-state index contributed by atoms with van der Waals surface area (Å²) in [6, 6.07) is 3.27. The van der Waals surface area contributed by atoms with E-state index in [9.17, 15) is 8.78 Å². The normalized spacial score (nSPS) is 17.5. The zero-order valence-corrected chi connectivity index (χ0v) is 14.3. The third-order valence-electron chi connectivity index (χ3n) is 3.85. The van der Waals surface area contributed by atoms with Crippen molar-refractivity contribution in [3.05, 3.63) is 22.2 Å². The molecule has 7 heteroatoms. The standard InChI is InChI=1S/C15H21BrF2N2O2/c1-21-12-7-10(8-13(22-2)15(12)16)11(9-14(17)18)20-5-3-19-4-6-20/h7-8,11,14,19H,3-6,9H2,1-2H3/t11-/m0/s1. The Morgan fingerprint density at radius 3 is 2.18 bits per heavy atom. The van der Waals surface area contributed by atoms with Crippen LogP contribution in [0.25, 0.3) is 0 Å². The summed E-state index contributed by atoms with van der Waals surface area (Å²) in [6.45, 7) is 3.12. The molecule has 1 atom stereocenters. The Morgan fingerprint density at radius 1 is 1.18 bits per heavy atom. The summed E-state index contributed by atoms with van der Waals surface area (Å²) >= 11 is 3.41. The summed E-state index contributed by atoms with van der Waals surface area (Å²) in [5, 5.41) is 3.24. The smallest absolute Gasteiger partial charge is 0.240 e. The average Bonchev–Trinajstić information content (AvgIpc) is 2.53. The molecule has 1 aliphatic heterocycles. The monoisotopic (exact) mass is 378 g/mol. The first-order chi connectivity index (χ1) is 10.6. The largest absolute Gasteiger partial charge is 0.495 e. The number of ether oxygens (including phenoxy) is 2. The third-order valence-corrected chi connectivity index (χ3v) is 4.63. The minimum atomic E-state index is -2.36. The number of halogens is 3. The highest BCUT2D eigenvalue weighted by Gasteiger charge is 2.27. The summed E-state index contributed by atoms with van der Waals surface area (Å²) in [5.74, 6) is 1.17. The second-order valence-corrected chi connectivity index (χ2v) is 5.96. The highest BCUT2D eigenvalue weighted by Crippen LogP contribution is 2.39. The fourth-order valence-corrected chi connectivity index (χ4v) is 3.29. The molecule has 1 N–H and O–H groups in total. The molecule has 1 heterocycles. The zero-order chi connectivity index (χ0) is 16.1. The van der Waals surface area contributed by atoms with Gasteiger partial charge in [0.05, 0.1) is 14.2 Å². The van der Waals surface area contributed by atoms with Crippen LogP contribution in [0, 0.1) is 0 Å². The van der Waals surface area contributed by atoms with E-state index in [0.29, 0.717) is 16.0 Å². The summed E-state index contributed by atoms with van der Waals surface area (Å²) in [5.41, 5.74) is 0.791. The van der Waals surface area contributed by atoms with Gasteiger partial charge in [-0.25, -0.2) is 8.78 Å². The van der Waals surface area contributed by atoms with E-state index in [2.05, 4.69) is 26.1 Å². The van der Waals surface area contributed by atoms with Crippen LogP contribution in [0.2, 0.25) is 0 Å². The van der Waals surface area contributed by atoms with Crippen LogP contribution in [0.15, 0.2) is 16.6 Å². The fourth-order valence-electron chi connectivity index (χ4n) is 2.74. The molecule has 0 amide bonds. The number of hydrogen-bond donors (Lipinski definition) is 1. The van der Waals surface area contributed by atoms with Crippen molar-refractivity contribution in [3.63, 3.8) is 0 Å². The third kappa shape index (κ3) is 4.08. The van der Waals surface area contributed by atoms with Crippen molar-refractivity contribution in [2.45, 2.75) is 18.9 Å². The van der Waals surface area contributed by atoms with E-state index in [0.717, 1.165) is 31.7 Å². The van der Waals surface area contributed by atoms with E-state index in [1.54, 1.807) is 14.2 Å².